The fraction of sp³-hybridized carbons (Fsp3) is 0.136. The average Bonchev–Trinajstić information content (AvgIpc) is 2.79. The Balaban J connectivity index is 1.68. The van der Waals surface area contributed by atoms with Gasteiger partial charge in [0.15, 0.2) is 0 Å². The van der Waals surface area contributed by atoms with Crippen LogP contribution >= 0.6 is 15.9 Å². The molecule has 0 unspecified atom stereocenters. The van der Waals surface area contributed by atoms with Gasteiger partial charge in [0.1, 0.15) is 11.5 Å². The Morgan fingerprint density at radius 3 is 2.62 bits per heavy atom. The number of nitrogens with two attached hydrogens (primary N) is 1. The summed E-state index contributed by atoms with van der Waals surface area (Å²) in [6.45, 7) is 0.334. The summed E-state index contributed by atoms with van der Waals surface area (Å²) >= 11 is 3.39. The third-order valence-electron chi connectivity index (χ3n) is 5.00. The predicted molar refractivity (Wildman–Crippen MR) is 124 cm³/mol. The summed E-state index contributed by atoms with van der Waals surface area (Å²) in [7, 11) is 1.57. The van der Waals surface area contributed by atoms with E-state index in [0.717, 1.165) is 20.2 Å². The van der Waals surface area contributed by atoms with E-state index in [4.69, 9.17) is 5.73 Å². The van der Waals surface area contributed by atoms with E-state index in [1.165, 1.54) is 16.8 Å². The van der Waals surface area contributed by atoms with E-state index in [9.17, 15) is 14.4 Å². The van der Waals surface area contributed by atoms with Crippen molar-refractivity contribution < 1.29 is 4.79 Å². The summed E-state index contributed by atoms with van der Waals surface area (Å²) in [5.74, 6) is -0.0588. The van der Waals surface area contributed by atoms with Gasteiger partial charge in [-0.1, -0.05) is 34.1 Å². The number of halogens is 1. The SMILES string of the molecule is Cn1c(=O)n(Cc2cccc(Br)c2)c(=O)c2cc(C(=O)NCc3ccc(N)nc3)ncc21. The molecular formula is C22H19BrN6O3. The van der Waals surface area contributed by atoms with Crippen molar-refractivity contribution in [1.29, 1.82) is 0 Å². The third kappa shape index (κ3) is 4.30. The van der Waals surface area contributed by atoms with E-state index in [0.29, 0.717) is 11.3 Å². The molecule has 0 aliphatic heterocycles. The van der Waals surface area contributed by atoms with Crippen LogP contribution in [0.15, 0.2) is 68.9 Å². The van der Waals surface area contributed by atoms with Crippen LogP contribution < -0.4 is 22.3 Å². The van der Waals surface area contributed by atoms with Gasteiger partial charge in [0.05, 0.1) is 23.6 Å². The second-order valence-corrected chi connectivity index (χ2v) is 8.14. The highest BCUT2D eigenvalue weighted by Crippen LogP contribution is 2.13. The fourth-order valence-corrected chi connectivity index (χ4v) is 3.74. The number of nitrogens with zero attached hydrogens (tertiary/aromatic N) is 4. The largest absolute Gasteiger partial charge is 0.384 e. The number of benzene rings is 1. The Hall–Kier alpha value is -3.79. The lowest BCUT2D eigenvalue weighted by atomic mass is 10.2. The van der Waals surface area contributed by atoms with Crippen LogP contribution in [-0.4, -0.2) is 25.0 Å². The van der Waals surface area contributed by atoms with Crippen molar-refractivity contribution >= 4 is 38.6 Å². The molecule has 3 heterocycles. The molecule has 0 saturated heterocycles. The van der Waals surface area contributed by atoms with Crippen molar-refractivity contribution in [3.05, 3.63) is 97.0 Å². The van der Waals surface area contributed by atoms with Crippen LogP contribution in [0, 0.1) is 0 Å². The molecule has 9 nitrogen and oxygen atoms in total. The summed E-state index contributed by atoms with van der Waals surface area (Å²) in [4.78, 5) is 46.6. The molecule has 0 radical (unpaired) electrons. The highest BCUT2D eigenvalue weighted by molar-refractivity contribution is 9.10. The molecule has 4 rings (SSSR count). The molecule has 4 aromatic rings. The van der Waals surface area contributed by atoms with Crippen LogP contribution in [0.1, 0.15) is 21.6 Å². The van der Waals surface area contributed by atoms with Gasteiger partial charge in [0.25, 0.3) is 11.5 Å². The van der Waals surface area contributed by atoms with Crippen molar-refractivity contribution in [2.75, 3.05) is 5.73 Å². The monoisotopic (exact) mass is 494 g/mol. The maximum atomic E-state index is 13.1. The van der Waals surface area contributed by atoms with Gasteiger partial charge in [0, 0.05) is 24.3 Å². The molecule has 0 aliphatic carbocycles. The molecule has 0 spiro atoms. The number of pyridine rings is 2. The second kappa shape index (κ2) is 8.75. The maximum Gasteiger partial charge on any atom is 0.331 e. The van der Waals surface area contributed by atoms with Crippen molar-refractivity contribution in [3.63, 3.8) is 0 Å². The Labute approximate surface area is 190 Å². The molecule has 0 bridgehead atoms. The molecule has 1 amide bonds. The minimum Gasteiger partial charge on any atom is -0.384 e. The van der Waals surface area contributed by atoms with Crippen LogP contribution in [-0.2, 0) is 20.1 Å². The normalized spacial score (nSPS) is 10.9. The highest BCUT2D eigenvalue weighted by atomic mass is 79.9. The molecule has 1 aromatic carbocycles. The van der Waals surface area contributed by atoms with Gasteiger partial charge >= 0.3 is 5.69 Å². The fourth-order valence-electron chi connectivity index (χ4n) is 3.30. The second-order valence-electron chi connectivity index (χ2n) is 7.22. The van der Waals surface area contributed by atoms with Gasteiger partial charge in [-0.05, 0) is 35.4 Å². The first-order valence-electron chi connectivity index (χ1n) is 9.66. The summed E-state index contributed by atoms with van der Waals surface area (Å²) in [6, 6.07) is 12.2. The van der Waals surface area contributed by atoms with Gasteiger partial charge in [-0.3, -0.25) is 18.7 Å². The van der Waals surface area contributed by atoms with E-state index >= 15 is 0 Å². The smallest absolute Gasteiger partial charge is 0.331 e. The van der Waals surface area contributed by atoms with Crippen LogP contribution in [0.2, 0.25) is 0 Å². The minimum atomic E-state index is -0.484. The lowest BCUT2D eigenvalue weighted by Crippen LogP contribution is -2.39. The number of carbonyl (C=O) groups is 1. The third-order valence-corrected chi connectivity index (χ3v) is 5.49. The number of fused-ring (bicyclic) bond motifs is 1. The first-order valence-corrected chi connectivity index (χ1v) is 10.5. The maximum absolute atomic E-state index is 13.1. The van der Waals surface area contributed by atoms with Crippen LogP contribution in [0.4, 0.5) is 5.82 Å². The number of hydrogen-bond acceptors (Lipinski definition) is 6. The number of carbonyl (C=O) groups excluding carboxylic acids is 1. The van der Waals surface area contributed by atoms with Gasteiger partial charge in [0.2, 0.25) is 0 Å². The number of nitrogen functional groups attached to an aromatic ring is 1. The van der Waals surface area contributed by atoms with Crippen molar-refractivity contribution in [2.45, 2.75) is 13.1 Å². The number of amides is 1. The van der Waals surface area contributed by atoms with E-state index < -0.39 is 17.2 Å². The van der Waals surface area contributed by atoms with E-state index in [2.05, 4.69) is 31.2 Å². The Bertz CT molecular complexity index is 1440. The standard InChI is InChI=1S/C22H19BrN6O3/c1-28-18-11-25-17(20(30)27-10-14-5-6-19(24)26-9-14)8-16(18)21(31)29(22(28)32)12-13-3-2-4-15(23)7-13/h2-9,11H,10,12H2,1H3,(H2,24,26)(H,27,30). The van der Waals surface area contributed by atoms with E-state index in [-0.39, 0.29) is 24.2 Å². The van der Waals surface area contributed by atoms with Gasteiger partial charge in [-0.25, -0.2) is 14.8 Å². The van der Waals surface area contributed by atoms with Gasteiger partial charge < -0.3 is 11.1 Å². The molecule has 0 atom stereocenters. The molecule has 162 valence electrons. The number of nitrogens with one attached hydrogen (secondary N) is 1. The van der Waals surface area contributed by atoms with Crippen molar-refractivity contribution in [2.24, 2.45) is 7.05 Å². The first kappa shape index (κ1) is 21.4. The molecule has 0 saturated carbocycles. The van der Waals surface area contributed by atoms with Crippen LogP contribution in [0.25, 0.3) is 10.9 Å². The molecule has 32 heavy (non-hydrogen) atoms. The quantitative estimate of drug-likeness (QED) is 0.435. The van der Waals surface area contributed by atoms with Crippen LogP contribution in [0.3, 0.4) is 0 Å². The Morgan fingerprint density at radius 1 is 1.09 bits per heavy atom. The molecule has 0 fully saturated rings. The number of aryl methyl sites for hydroxylation is 1. The highest BCUT2D eigenvalue weighted by Gasteiger charge is 2.15. The summed E-state index contributed by atoms with van der Waals surface area (Å²) in [5.41, 5.74) is 6.61. The Kier molecular flexibility index (Phi) is 5.87. The summed E-state index contributed by atoms with van der Waals surface area (Å²) in [6.07, 6.45) is 2.93. The average molecular weight is 495 g/mol. The van der Waals surface area contributed by atoms with Crippen molar-refractivity contribution in [1.82, 2.24) is 24.4 Å². The number of aromatic nitrogens is 4. The zero-order valence-electron chi connectivity index (χ0n) is 17.1. The number of hydrogen-bond donors (Lipinski definition) is 2. The van der Waals surface area contributed by atoms with Gasteiger partial charge in [-0.2, -0.15) is 0 Å². The van der Waals surface area contributed by atoms with E-state index in [1.54, 1.807) is 25.4 Å². The minimum absolute atomic E-state index is 0.0747. The first-order chi connectivity index (χ1) is 15.3. The molecule has 3 aromatic heterocycles. The molecule has 0 aliphatic rings. The predicted octanol–water partition coefficient (Wildman–Crippen LogP) is 1.81. The molecule has 3 N–H and O–H groups in total. The van der Waals surface area contributed by atoms with Crippen molar-refractivity contribution in [3.8, 4) is 0 Å². The number of anilines is 1. The Morgan fingerprint density at radius 2 is 1.91 bits per heavy atom. The lowest BCUT2D eigenvalue weighted by Gasteiger charge is -2.12. The topological polar surface area (TPSA) is 125 Å². The zero-order chi connectivity index (χ0) is 22.8. The van der Waals surface area contributed by atoms with Gasteiger partial charge in [-0.15, -0.1) is 0 Å². The molecule has 10 heteroatoms. The molecular weight excluding hydrogens is 476 g/mol. The zero-order valence-corrected chi connectivity index (χ0v) is 18.7. The summed E-state index contributed by atoms with van der Waals surface area (Å²) in [5, 5.41) is 2.97. The van der Waals surface area contributed by atoms with Crippen LogP contribution in [0.5, 0.6) is 0 Å². The van der Waals surface area contributed by atoms with E-state index in [1.807, 2.05) is 24.3 Å². The summed E-state index contributed by atoms with van der Waals surface area (Å²) < 4.78 is 3.34. The number of rotatable bonds is 5. The lowest BCUT2D eigenvalue weighted by molar-refractivity contribution is 0.0946.